The maximum Gasteiger partial charge on any atom is 0.506 e. The van der Waals surface area contributed by atoms with Crippen LogP contribution in [0.1, 0.15) is 6.42 Å². The summed E-state index contributed by atoms with van der Waals surface area (Å²) < 4.78 is 4.86. The monoisotopic (exact) mass is 299 g/mol. The van der Waals surface area contributed by atoms with Gasteiger partial charge in [0.1, 0.15) is 23.9 Å². The summed E-state index contributed by atoms with van der Waals surface area (Å²) >= 11 is 0. The first kappa shape index (κ1) is 12.8. The summed E-state index contributed by atoms with van der Waals surface area (Å²) in [5, 5.41) is 10.6. The van der Waals surface area contributed by atoms with Crippen molar-refractivity contribution in [3.05, 3.63) is 24.8 Å². The summed E-state index contributed by atoms with van der Waals surface area (Å²) in [6.45, 7) is 1.19. The zero-order valence-electron chi connectivity index (χ0n) is 11.6. The molecule has 3 aromatic heterocycles. The van der Waals surface area contributed by atoms with Crippen molar-refractivity contribution in [1.82, 2.24) is 19.9 Å². The molecular weight excluding hydrogens is 286 g/mol. The molecule has 1 aliphatic heterocycles. The number of rotatable bonds is 2. The molecule has 0 aliphatic carbocycles. The summed E-state index contributed by atoms with van der Waals surface area (Å²) in [4.78, 5) is 28.8. The Morgan fingerprint density at radius 3 is 3.18 bits per heavy atom. The van der Waals surface area contributed by atoms with Crippen molar-refractivity contribution in [3.8, 4) is 0 Å². The fourth-order valence-corrected chi connectivity index (χ4v) is 2.94. The number of aromatic nitrogens is 4. The van der Waals surface area contributed by atoms with E-state index in [4.69, 9.17) is 9.84 Å². The number of anilines is 1. The molecule has 8 heteroatoms. The number of nitrogens with zero attached hydrogens (tertiary/aromatic N) is 4. The highest BCUT2D eigenvalue weighted by Crippen LogP contribution is 2.31. The van der Waals surface area contributed by atoms with Crippen molar-refractivity contribution in [1.29, 1.82) is 0 Å². The van der Waals surface area contributed by atoms with Crippen LogP contribution in [0.25, 0.3) is 21.9 Å². The minimum atomic E-state index is -1.24. The lowest BCUT2D eigenvalue weighted by Gasteiger charge is -2.18. The fourth-order valence-electron chi connectivity index (χ4n) is 2.94. The number of hydrogen-bond donors (Lipinski definition) is 2. The number of carboxylic acid groups (broad SMARTS) is 1. The van der Waals surface area contributed by atoms with Crippen LogP contribution in [0.2, 0.25) is 0 Å². The molecule has 0 aromatic carbocycles. The fraction of sp³-hybridized carbons (Fsp3) is 0.286. The van der Waals surface area contributed by atoms with E-state index in [9.17, 15) is 4.79 Å². The Balaban J connectivity index is 1.79. The van der Waals surface area contributed by atoms with E-state index in [-0.39, 0.29) is 6.10 Å². The SMILES string of the molecule is O=C(O)OC1CCN(c2ncnc3cnc4[nH]ccc4c23)C1. The van der Waals surface area contributed by atoms with Crippen molar-refractivity contribution < 1.29 is 14.6 Å². The standard InChI is InChI=1S/C14H13N5O3/c20-14(21)22-8-2-4-19(6-8)13-11-9-1-3-15-12(9)16-5-10(11)17-7-18-13/h1,3,5,7-8H,2,4,6H2,(H,15,16)(H,20,21). The number of nitrogens with one attached hydrogen (secondary N) is 1. The van der Waals surface area contributed by atoms with Gasteiger partial charge >= 0.3 is 6.16 Å². The molecule has 1 unspecified atom stereocenters. The van der Waals surface area contributed by atoms with Crippen molar-refractivity contribution >= 4 is 33.9 Å². The number of ether oxygens (including phenoxy) is 1. The predicted molar refractivity (Wildman–Crippen MR) is 78.9 cm³/mol. The molecule has 0 radical (unpaired) electrons. The molecule has 2 N–H and O–H groups in total. The number of H-pyrrole nitrogens is 1. The van der Waals surface area contributed by atoms with Crippen molar-refractivity contribution in [2.45, 2.75) is 12.5 Å². The van der Waals surface area contributed by atoms with Gasteiger partial charge in [0.15, 0.2) is 0 Å². The van der Waals surface area contributed by atoms with Gasteiger partial charge in [-0.25, -0.2) is 19.7 Å². The molecule has 22 heavy (non-hydrogen) atoms. The lowest BCUT2D eigenvalue weighted by molar-refractivity contribution is 0.0602. The van der Waals surface area contributed by atoms with Crippen LogP contribution >= 0.6 is 0 Å². The molecule has 1 fully saturated rings. The smallest absolute Gasteiger partial charge is 0.450 e. The highest BCUT2D eigenvalue weighted by molar-refractivity contribution is 6.08. The van der Waals surface area contributed by atoms with Crippen LogP contribution in [0.5, 0.6) is 0 Å². The number of fused-ring (bicyclic) bond motifs is 3. The van der Waals surface area contributed by atoms with Gasteiger partial charge in [0.25, 0.3) is 0 Å². The molecule has 4 rings (SSSR count). The third kappa shape index (κ3) is 2.00. The maximum atomic E-state index is 10.7. The van der Waals surface area contributed by atoms with Crippen LogP contribution in [-0.2, 0) is 4.74 Å². The second-order valence-corrected chi connectivity index (χ2v) is 5.20. The second-order valence-electron chi connectivity index (χ2n) is 5.20. The minimum absolute atomic E-state index is 0.328. The zero-order valence-corrected chi connectivity index (χ0v) is 11.6. The average Bonchev–Trinajstić information content (AvgIpc) is 3.14. The molecule has 1 saturated heterocycles. The lowest BCUT2D eigenvalue weighted by atomic mass is 10.2. The molecule has 0 amide bonds. The molecule has 4 heterocycles. The quantitative estimate of drug-likeness (QED) is 0.695. The first-order chi connectivity index (χ1) is 10.7. The normalized spacial score (nSPS) is 18.2. The van der Waals surface area contributed by atoms with Gasteiger partial charge in [-0.3, -0.25) is 0 Å². The lowest BCUT2D eigenvalue weighted by Crippen LogP contribution is -2.25. The largest absolute Gasteiger partial charge is 0.506 e. The zero-order chi connectivity index (χ0) is 15.1. The van der Waals surface area contributed by atoms with Gasteiger partial charge in [0.2, 0.25) is 0 Å². The van der Waals surface area contributed by atoms with E-state index in [1.807, 2.05) is 17.2 Å². The Morgan fingerprint density at radius 1 is 1.41 bits per heavy atom. The van der Waals surface area contributed by atoms with Gasteiger partial charge in [-0.1, -0.05) is 0 Å². The summed E-state index contributed by atoms with van der Waals surface area (Å²) in [5.41, 5.74) is 1.54. The highest BCUT2D eigenvalue weighted by Gasteiger charge is 2.28. The maximum absolute atomic E-state index is 10.7. The topological polar surface area (TPSA) is 104 Å². The number of hydrogen-bond acceptors (Lipinski definition) is 6. The molecule has 1 aliphatic rings. The van der Waals surface area contributed by atoms with Crippen molar-refractivity contribution in [3.63, 3.8) is 0 Å². The summed E-state index contributed by atoms with van der Waals surface area (Å²) in [7, 11) is 0. The van der Waals surface area contributed by atoms with Gasteiger partial charge in [0.05, 0.1) is 23.6 Å². The highest BCUT2D eigenvalue weighted by atomic mass is 16.7. The van der Waals surface area contributed by atoms with Crippen LogP contribution in [0.4, 0.5) is 10.6 Å². The molecule has 3 aromatic rings. The van der Waals surface area contributed by atoms with Crippen LogP contribution in [0.3, 0.4) is 0 Å². The molecule has 1 atom stereocenters. The number of carbonyl (C=O) groups is 1. The molecular formula is C14H13N5O3. The minimum Gasteiger partial charge on any atom is -0.450 e. The average molecular weight is 299 g/mol. The predicted octanol–water partition coefficient (Wildman–Crippen LogP) is 1.78. The second kappa shape index (κ2) is 4.83. The first-order valence-electron chi connectivity index (χ1n) is 6.93. The van der Waals surface area contributed by atoms with Gasteiger partial charge < -0.3 is 19.7 Å². The summed E-state index contributed by atoms with van der Waals surface area (Å²) in [5.74, 6) is 0.786. The van der Waals surface area contributed by atoms with E-state index in [1.54, 1.807) is 6.20 Å². The number of aromatic amines is 1. The van der Waals surface area contributed by atoms with E-state index < -0.39 is 6.16 Å². The Morgan fingerprint density at radius 2 is 2.32 bits per heavy atom. The summed E-state index contributed by atoms with van der Waals surface area (Å²) in [6.07, 6.45) is 4.12. The molecule has 0 saturated carbocycles. The Hall–Kier alpha value is -2.90. The Bertz CT molecular complexity index is 862. The van der Waals surface area contributed by atoms with Crippen molar-refractivity contribution in [2.75, 3.05) is 18.0 Å². The molecule has 112 valence electrons. The van der Waals surface area contributed by atoms with Crippen LogP contribution in [-0.4, -0.2) is 50.4 Å². The third-order valence-electron chi connectivity index (χ3n) is 3.88. The number of pyridine rings is 1. The van der Waals surface area contributed by atoms with Gasteiger partial charge in [-0.15, -0.1) is 0 Å². The Labute approximate surface area is 124 Å². The van der Waals surface area contributed by atoms with Crippen molar-refractivity contribution in [2.24, 2.45) is 0 Å². The summed E-state index contributed by atoms with van der Waals surface area (Å²) in [6, 6.07) is 1.94. The molecule has 0 bridgehead atoms. The van der Waals surface area contributed by atoms with Crippen LogP contribution in [0, 0.1) is 0 Å². The first-order valence-corrected chi connectivity index (χ1v) is 6.93. The van der Waals surface area contributed by atoms with E-state index in [0.717, 1.165) is 27.8 Å². The van der Waals surface area contributed by atoms with Crippen LogP contribution in [0.15, 0.2) is 24.8 Å². The van der Waals surface area contributed by atoms with E-state index in [0.29, 0.717) is 19.5 Å². The van der Waals surface area contributed by atoms with Crippen LogP contribution < -0.4 is 4.90 Å². The Kier molecular flexibility index (Phi) is 2.81. The molecule has 8 nitrogen and oxygen atoms in total. The molecule has 0 spiro atoms. The van der Waals surface area contributed by atoms with Gasteiger partial charge in [0, 0.05) is 24.5 Å². The third-order valence-corrected chi connectivity index (χ3v) is 3.88. The van der Waals surface area contributed by atoms with Gasteiger partial charge in [-0.2, -0.15) is 0 Å². The van der Waals surface area contributed by atoms with E-state index >= 15 is 0 Å². The van der Waals surface area contributed by atoms with E-state index in [1.165, 1.54) is 6.33 Å². The van der Waals surface area contributed by atoms with E-state index in [2.05, 4.69) is 19.9 Å². The van der Waals surface area contributed by atoms with Gasteiger partial charge in [-0.05, 0) is 6.07 Å².